The van der Waals surface area contributed by atoms with Crippen molar-refractivity contribution in [1.29, 1.82) is 0 Å². The Morgan fingerprint density at radius 2 is 2.33 bits per heavy atom. The van der Waals surface area contributed by atoms with Gasteiger partial charge in [-0.2, -0.15) is 0 Å². The Hall–Kier alpha value is -1.42. The van der Waals surface area contributed by atoms with Crippen LogP contribution in [0.4, 0.5) is 0 Å². The van der Waals surface area contributed by atoms with Gasteiger partial charge < -0.3 is 5.32 Å². The molecule has 0 aromatic heterocycles. The molecule has 0 amide bonds. The molecular formula is C14H19N3O. The van der Waals surface area contributed by atoms with E-state index in [2.05, 4.69) is 24.2 Å². The van der Waals surface area contributed by atoms with Crippen LogP contribution in [0.25, 0.3) is 0 Å². The molecule has 2 aliphatic heterocycles. The minimum absolute atomic E-state index is 0.0218. The summed E-state index contributed by atoms with van der Waals surface area (Å²) in [6.07, 6.45) is 4.97. The summed E-state index contributed by atoms with van der Waals surface area (Å²) in [5, 5.41) is 3.11. The molecule has 1 aliphatic carbocycles. The van der Waals surface area contributed by atoms with Gasteiger partial charge in [0.15, 0.2) is 0 Å². The van der Waals surface area contributed by atoms with E-state index in [4.69, 9.17) is 4.99 Å². The molecule has 2 atom stereocenters. The highest BCUT2D eigenvalue weighted by molar-refractivity contribution is 6.23. The van der Waals surface area contributed by atoms with Crippen molar-refractivity contribution in [2.45, 2.75) is 26.4 Å². The van der Waals surface area contributed by atoms with Gasteiger partial charge in [0.05, 0.1) is 11.4 Å². The van der Waals surface area contributed by atoms with Gasteiger partial charge in [-0.05, 0) is 38.1 Å². The van der Waals surface area contributed by atoms with Crippen LogP contribution in [0.1, 0.15) is 20.3 Å². The molecule has 18 heavy (non-hydrogen) atoms. The fourth-order valence-corrected chi connectivity index (χ4v) is 3.25. The summed E-state index contributed by atoms with van der Waals surface area (Å²) in [6.45, 7) is 6.03. The molecule has 2 heterocycles. The normalized spacial score (nSPS) is 34.7. The lowest BCUT2D eigenvalue weighted by molar-refractivity contribution is -0.111. The number of carbonyl (C=O) groups is 1. The molecule has 0 radical (unpaired) electrons. The summed E-state index contributed by atoms with van der Waals surface area (Å²) in [7, 11) is 2.11. The third-order valence-electron chi connectivity index (χ3n) is 4.31. The molecule has 3 aliphatic rings. The number of allylic oxidation sites excluding steroid dienone is 2. The van der Waals surface area contributed by atoms with Crippen molar-refractivity contribution in [2.75, 3.05) is 20.1 Å². The van der Waals surface area contributed by atoms with Gasteiger partial charge in [-0.3, -0.25) is 14.7 Å². The van der Waals surface area contributed by atoms with Crippen LogP contribution in [-0.2, 0) is 4.79 Å². The first kappa shape index (κ1) is 11.7. The first-order chi connectivity index (χ1) is 8.56. The first-order valence-corrected chi connectivity index (χ1v) is 6.57. The predicted molar refractivity (Wildman–Crippen MR) is 71.4 cm³/mol. The highest BCUT2D eigenvalue weighted by Crippen LogP contribution is 2.48. The minimum Gasteiger partial charge on any atom is -0.382 e. The number of nitrogens with zero attached hydrogens (tertiary/aromatic N) is 2. The Bertz CT molecular complexity index is 503. The molecule has 0 saturated carbocycles. The van der Waals surface area contributed by atoms with Gasteiger partial charge >= 0.3 is 0 Å². The monoisotopic (exact) mass is 245 g/mol. The molecule has 3 rings (SSSR count). The number of aliphatic imine (C=N–C) groups is 1. The second-order valence-corrected chi connectivity index (χ2v) is 5.55. The standard InChI is InChI=1S/C14H19N3O/c1-4-15-11-8-10-9(7-12(11)18)14(2)5-6-17(3)13(14)16-10/h7-8,13,15H,4-6H2,1-3H3/t13-,14-/m0/s1. The summed E-state index contributed by atoms with van der Waals surface area (Å²) in [4.78, 5) is 19.1. The van der Waals surface area contributed by atoms with E-state index in [1.54, 1.807) is 6.08 Å². The smallest absolute Gasteiger partial charge is 0.202 e. The van der Waals surface area contributed by atoms with Crippen LogP contribution in [0.15, 0.2) is 28.4 Å². The molecule has 0 bridgehead atoms. The number of rotatable bonds is 2. The van der Waals surface area contributed by atoms with E-state index < -0.39 is 0 Å². The highest BCUT2D eigenvalue weighted by atomic mass is 16.1. The van der Waals surface area contributed by atoms with E-state index in [1.165, 1.54) is 0 Å². The van der Waals surface area contributed by atoms with Gasteiger partial charge in [-0.15, -0.1) is 0 Å². The average Bonchev–Trinajstić information content (AvgIpc) is 2.76. The number of likely N-dealkylation sites (tertiary alicyclic amines) is 1. The van der Waals surface area contributed by atoms with Crippen LogP contribution < -0.4 is 5.32 Å². The van der Waals surface area contributed by atoms with E-state index in [1.807, 2.05) is 13.0 Å². The van der Waals surface area contributed by atoms with Gasteiger partial charge in [0.2, 0.25) is 5.78 Å². The Morgan fingerprint density at radius 3 is 3.06 bits per heavy atom. The lowest BCUT2D eigenvalue weighted by atomic mass is 9.77. The third-order valence-corrected chi connectivity index (χ3v) is 4.31. The van der Waals surface area contributed by atoms with Gasteiger partial charge in [-0.1, -0.05) is 6.92 Å². The zero-order valence-corrected chi connectivity index (χ0v) is 11.2. The molecule has 1 N–H and O–H groups in total. The van der Waals surface area contributed by atoms with Crippen LogP contribution in [0.3, 0.4) is 0 Å². The fraction of sp³-hybridized carbons (Fsp3) is 0.571. The molecule has 1 fully saturated rings. The predicted octanol–water partition coefficient (Wildman–Crippen LogP) is 1.11. The molecule has 0 unspecified atom stereocenters. The van der Waals surface area contributed by atoms with E-state index in [0.29, 0.717) is 5.70 Å². The first-order valence-electron chi connectivity index (χ1n) is 6.57. The van der Waals surface area contributed by atoms with Crippen LogP contribution in [0, 0.1) is 5.41 Å². The second-order valence-electron chi connectivity index (χ2n) is 5.55. The van der Waals surface area contributed by atoms with Crippen molar-refractivity contribution < 1.29 is 4.79 Å². The maximum Gasteiger partial charge on any atom is 0.202 e. The SMILES string of the molecule is CCNC1=CC2=N[C@H]3N(C)CC[C@@]3(C)C2=CC1=O. The maximum atomic E-state index is 12.1. The fourth-order valence-electron chi connectivity index (χ4n) is 3.25. The summed E-state index contributed by atoms with van der Waals surface area (Å²) >= 11 is 0. The molecular weight excluding hydrogens is 226 g/mol. The van der Waals surface area contributed by atoms with E-state index >= 15 is 0 Å². The number of carbonyl (C=O) groups excluding carboxylic acids is 1. The molecule has 96 valence electrons. The largest absolute Gasteiger partial charge is 0.382 e. The topological polar surface area (TPSA) is 44.7 Å². The van der Waals surface area contributed by atoms with Gasteiger partial charge in [0.25, 0.3) is 0 Å². The Morgan fingerprint density at radius 1 is 1.56 bits per heavy atom. The number of nitrogens with one attached hydrogen (secondary N) is 1. The third kappa shape index (κ3) is 1.42. The van der Waals surface area contributed by atoms with Crippen molar-refractivity contribution in [1.82, 2.24) is 10.2 Å². The Labute approximate surface area is 107 Å². The second kappa shape index (κ2) is 3.79. The summed E-state index contributed by atoms with van der Waals surface area (Å²) in [6, 6.07) is 0. The van der Waals surface area contributed by atoms with Crippen molar-refractivity contribution in [3.63, 3.8) is 0 Å². The molecule has 0 spiro atoms. The number of likely N-dealkylation sites (N-methyl/N-ethyl adjacent to an activating group) is 1. The lowest BCUT2D eigenvalue weighted by Gasteiger charge is -2.27. The number of hydrogen-bond donors (Lipinski definition) is 1. The van der Waals surface area contributed by atoms with Crippen molar-refractivity contribution in [3.05, 3.63) is 23.4 Å². The molecule has 4 heteroatoms. The van der Waals surface area contributed by atoms with Gasteiger partial charge in [-0.25, -0.2) is 0 Å². The number of fused-ring (bicyclic) bond motifs is 3. The molecule has 0 aromatic rings. The zero-order chi connectivity index (χ0) is 12.9. The number of hydrogen-bond acceptors (Lipinski definition) is 4. The number of ketones is 1. The minimum atomic E-state index is 0.0218. The van der Waals surface area contributed by atoms with Crippen LogP contribution in [0.2, 0.25) is 0 Å². The van der Waals surface area contributed by atoms with Gasteiger partial charge in [0, 0.05) is 18.5 Å². The van der Waals surface area contributed by atoms with Crippen molar-refractivity contribution in [3.8, 4) is 0 Å². The van der Waals surface area contributed by atoms with Gasteiger partial charge in [0.1, 0.15) is 6.17 Å². The van der Waals surface area contributed by atoms with Crippen molar-refractivity contribution in [2.24, 2.45) is 10.4 Å². The molecule has 0 aromatic carbocycles. The average molecular weight is 245 g/mol. The quantitative estimate of drug-likeness (QED) is 0.741. The summed E-state index contributed by atoms with van der Waals surface area (Å²) in [5.41, 5.74) is 2.81. The zero-order valence-electron chi connectivity index (χ0n) is 11.2. The highest BCUT2D eigenvalue weighted by Gasteiger charge is 2.51. The van der Waals surface area contributed by atoms with E-state index in [-0.39, 0.29) is 17.4 Å². The van der Waals surface area contributed by atoms with Crippen LogP contribution in [0.5, 0.6) is 0 Å². The summed E-state index contributed by atoms with van der Waals surface area (Å²) in [5.74, 6) is 0.0854. The molecule has 1 saturated heterocycles. The summed E-state index contributed by atoms with van der Waals surface area (Å²) < 4.78 is 0. The van der Waals surface area contributed by atoms with E-state index in [0.717, 1.165) is 30.8 Å². The van der Waals surface area contributed by atoms with Crippen LogP contribution in [-0.4, -0.2) is 42.7 Å². The van der Waals surface area contributed by atoms with Crippen molar-refractivity contribution >= 4 is 11.5 Å². The van der Waals surface area contributed by atoms with E-state index in [9.17, 15) is 4.79 Å². The Balaban J connectivity index is 2.02. The lowest BCUT2D eigenvalue weighted by Crippen LogP contribution is -2.32. The Kier molecular flexibility index (Phi) is 2.45. The maximum absolute atomic E-state index is 12.1. The molecule has 4 nitrogen and oxygen atoms in total. The van der Waals surface area contributed by atoms with Crippen LogP contribution >= 0.6 is 0 Å².